The molecule has 0 saturated heterocycles. The van der Waals surface area contributed by atoms with Crippen molar-refractivity contribution in [3.63, 3.8) is 0 Å². The molecule has 0 aliphatic carbocycles. The van der Waals surface area contributed by atoms with Crippen LogP contribution in [0.25, 0.3) is 0 Å². The van der Waals surface area contributed by atoms with E-state index in [1.54, 1.807) is 18.2 Å². The van der Waals surface area contributed by atoms with Gasteiger partial charge in [0.25, 0.3) is 0 Å². The third-order valence-electron chi connectivity index (χ3n) is 2.00. The van der Waals surface area contributed by atoms with Crippen molar-refractivity contribution in [3.8, 4) is 5.75 Å². The van der Waals surface area contributed by atoms with Crippen LogP contribution in [0.15, 0.2) is 18.2 Å². The van der Waals surface area contributed by atoms with Crippen LogP contribution in [0.1, 0.15) is 16.8 Å². The predicted molar refractivity (Wildman–Crippen MR) is 50.6 cm³/mol. The molecule has 1 amide bonds. The van der Waals surface area contributed by atoms with E-state index < -0.39 is 0 Å². The van der Waals surface area contributed by atoms with Gasteiger partial charge >= 0.3 is 0 Å². The van der Waals surface area contributed by atoms with Gasteiger partial charge in [0.05, 0.1) is 18.7 Å². The number of aldehydes is 1. The Bertz CT molecular complexity index is 387. The molecular formula is C10H9NO3. The molecule has 0 fully saturated rings. The van der Waals surface area contributed by atoms with Crippen LogP contribution in [0.2, 0.25) is 0 Å². The van der Waals surface area contributed by atoms with Crippen molar-refractivity contribution in [1.82, 2.24) is 0 Å². The summed E-state index contributed by atoms with van der Waals surface area (Å²) in [5, 5.41) is 2.67. The molecule has 0 aromatic heterocycles. The summed E-state index contributed by atoms with van der Waals surface area (Å²) >= 11 is 0. The van der Waals surface area contributed by atoms with Crippen molar-refractivity contribution in [2.24, 2.45) is 0 Å². The summed E-state index contributed by atoms with van der Waals surface area (Å²) in [7, 11) is 0. The smallest absolute Gasteiger partial charge is 0.227 e. The SMILES string of the molecule is O=Cc1ccc2c(c1)NC(=O)CCO2. The first-order chi connectivity index (χ1) is 6.79. The van der Waals surface area contributed by atoms with Gasteiger partial charge in [-0.2, -0.15) is 0 Å². The van der Waals surface area contributed by atoms with Crippen LogP contribution >= 0.6 is 0 Å². The molecular weight excluding hydrogens is 182 g/mol. The number of nitrogens with one attached hydrogen (secondary N) is 1. The maximum atomic E-state index is 11.2. The fourth-order valence-corrected chi connectivity index (χ4v) is 1.31. The second-order valence-electron chi connectivity index (χ2n) is 3.02. The Hall–Kier alpha value is -1.84. The van der Waals surface area contributed by atoms with Crippen molar-refractivity contribution in [2.45, 2.75) is 6.42 Å². The van der Waals surface area contributed by atoms with Crippen LogP contribution in [-0.2, 0) is 4.79 Å². The first kappa shape index (κ1) is 8.74. The van der Waals surface area contributed by atoms with E-state index >= 15 is 0 Å². The van der Waals surface area contributed by atoms with Crippen LogP contribution < -0.4 is 10.1 Å². The van der Waals surface area contributed by atoms with E-state index in [0.29, 0.717) is 30.0 Å². The number of fused-ring (bicyclic) bond motifs is 1. The van der Waals surface area contributed by atoms with Gasteiger partial charge in [0.15, 0.2) is 0 Å². The molecule has 0 saturated carbocycles. The first-order valence-electron chi connectivity index (χ1n) is 4.31. The number of carbonyl (C=O) groups is 2. The molecule has 0 bridgehead atoms. The molecule has 1 aliphatic rings. The molecule has 4 nitrogen and oxygen atoms in total. The van der Waals surface area contributed by atoms with E-state index in [9.17, 15) is 9.59 Å². The minimum atomic E-state index is -0.0909. The van der Waals surface area contributed by atoms with Gasteiger partial charge in [0.1, 0.15) is 12.0 Å². The summed E-state index contributed by atoms with van der Waals surface area (Å²) < 4.78 is 5.32. The number of amides is 1. The highest BCUT2D eigenvalue weighted by molar-refractivity contribution is 5.94. The Morgan fingerprint density at radius 2 is 2.29 bits per heavy atom. The zero-order valence-corrected chi connectivity index (χ0v) is 7.45. The first-order valence-corrected chi connectivity index (χ1v) is 4.31. The molecule has 0 atom stereocenters. The second-order valence-corrected chi connectivity index (χ2v) is 3.02. The number of benzene rings is 1. The predicted octanol–water partition coefficient (Wildman–Crippen LogP) is 1.22. The minimum Gasteiger partial charge on any atom is -0.491 e. The standard InChI is InChI=1S/C10H9NO3/c12-6-7-1-2-9-8(5-7)11-10(13)3-4-14-9/h1-2,5-6H,3-4H2,(H,11,13). The number of rotatable bonds is 1. The highest BCUT2D eigenvalue weighted by Gasteiger charge is 2.13. The van der Waals surface area contributed by atoms with Crippen molar-refractivity contribution >= 4 is 17.9 Å². The fraction of sp³-hybridized carbons (Fsp3) is 0.200. The lowest BCUT2D eigenvalue weighted by Crippen LogP contribution is -2.10. The molecule has 1 N–H and O–H groups in total. The molecule has 1 aromatic carbocycles. The average Bonchev–Trinajstić information content (AvgIpc) is 2.37. The van der Waals surface area contributed by atoms with Gasteiger partial charge in [-0.3, -0.25) is 9.59 Å². The Morgan fingerprint density at radius 3 is 3.07 bits per heavy atom. The highest BCUT2D eigenvalue weighted by atomic mass is 16.5. The largest absolute Gasteiger partial charge is 0.491 e. The topological polar surface area (TPSA) is 55.4 Å². The normalized spacial score (nSPS) is 14.7. The zero-order chi connectivity index (χ0) is 9.97. The lowest BCUT2D eigenvalue weighted by atomic mass is 10.2. The van der Waals surface area contributed by atoms with Gasteiger partial charge < -0.3 is 10.1 Å². The molecule has 72 valence electrons. The summed E-state index contributed by atoms with van der Waals surface area (Å²) in [5.74, 6) is 0.522. The van der Waals surface area contributed by atoms with Crippen molar-refractivity contribution in [1.29, 1.82) is 0 Å². The molecule has 0 spiro atoms. The van der Waals surface area contributed by atoms with E-state index in [0.717, 1.165) is 6.29 Å². The summed E-state index contributed by atoms with van der Waals surface area (Å²) in [4.78, 5) is 21.7. The van der Waals surface area contributed by atoms with Crippen LogP contribution in [0.5, 0.6) is 5.75 Å². The number of ether oxygens (including phenoxy) is 1. The average molecular weight is 191 g/mol. The molecule has 1 heterocycles. The molecule has 2 rings (SSSR count). The maximum Gasteiger partial charge on any atom is 0.227 e. The Morgan fingerprint density at radius 1 is 1.43 bits per heavy atom. The fourth-order valence-electron chi connectivity index (χ4n) is 1.31. The number of anilines is 1. The monoisotopic (exact) mass is 191 g/mol. The van der Waals surface area contributed by atoms with E-state index in [2.05, 4.69) is 5.32 Å². The molecule has 0 unspecified atom stereocenters. The molecule has 14 heavy (non-hydrogen) atoms. The second kappa shape index (κ2) is 3.49. The third kappa shape index (κ3) is 1.59. The number of hydrogen-bond acceptors (Lipinski definition) is 3. The lowest BCUT2D eigenvalue weighted by molar-refractivity contribution is -0.116. The lowest BCUT2D eigenvalue weighted by Gasteiger charge is -2.06. The van der Waals surface area contributed by atoms with E-state index in [1.165, 1.54) is 0 Å². The summed E-state index contributed by atoms with van der Waals surface area (Å²) in [5.41, 5.74) is 1.09. The zero-order valence-electron chi connectivity index (χ0n) is 7.45. The van der Waals surface area contributed by atoms with Crippen LogP contribution in [0.4, 0.5) is 5.69 Å². The molecule has 0 radical (unpaired) electrons. The van der Waals surface area contributed by atoms with E-state index in [-0.39, 0.29) is 5.91 Å². The van der Waals surface area contributed by atoms with Gasteiger partial charge in [-0.15, -0.1) is 0 Å². The quantitative estimate of drug-likeness (QED) is 0.679. The number of hydrogen-bond donors (Lipinski definition) is 1. The molecule has 1 aliphatic heterocycles. The third-order valence-corrected chi connectivity index (χ3v) is 2.00. The van der Waals surface area contributed by atoms with Crippen molar-refractivity contribution in [3.05, 3.63) is 23.8 Å². The summed E-state index contributed by atoms with van der Waals surface area (Å²) in [6.07, 6.45) is 1.07. The Balaban J connectivity index is 2.41. The van der Waals surface area contributed by atoms with Gasteiger partial charge in [-0.05, 0) is 18.2 Å². The Kier molecular flexibility index (Phi) is 2.18. The number of carbonyl (C=O) groups excluding carboxylic acids is 2. The molecule has 1 aromatic rings. The minimum absolute atomic E-state index is 0.0909. The van der Waals surface area contributed by atoms with Gasteiger partial charge in [0, 0.05) is 5.56 Å². The highest BCUT2D eigenvalue weighted by Crippen LogP contribution is 2.27. The van der Waals surface area contributed by atoms with Gasteiger partial charge in [0.2, 0.25) is 5.91 Å². The van der Waals surface area contributed by atoms with Crippen molar-refractivity contribution in [2.75, 3.05) is 11.9 Å². The van der Waals surface area contributed by atoms with E-state index in [4.69, 9.17) is 4.74 Å². The maximum absolute atomic E-state index is 11.2. The van der Waals surface area contributed by atoms with Crippen molar-refractivity contribution < 1.29 is 14.3 Å². The summed E-state index contributed by atoms with van der Waals surface area (Å²) in [6, 6.07) is 4.94. The van der Waals surface area contributed by atoms with Crippen LogP contribution in [0.3, 0.4) is 0 Å². The molecule has 4 heteroatoms. The van der Waals surface area contributed by atoms with Gasteiger partial charge in [-0.1, -0.05) is 0 Å². The van der Waals surface area contributed by atoms with Crippen LogP contribution in [-0.4, -0.2) is 18.8 Å². The van der Waals surface area contributed by atoms with Gasteiger partial charge in [-0.25, -0.2) is 0 Å². The Labute approximate surface area is 80.9 Å². The van der Waals surface area contributed by atoms with E-state index in [1.807, 2.05) is 0 Å². The summed E-state index contributed by atoms with van der Waals surface area (Å²) in [6.45, 7) is 0.374. The van der Waals surface area contributed by atoms with Crippen LogP contribution in [0, 0.1) is 0 Å².